The highest BCUT2D eigenvalue weighted by atomic mass is 16.8. The zero-order valence-corrected chi connectivity index (χ0v) is 14.9. The van der Waals surface area contributed by atoms with E-state index < -0.39 is 11.4 Å². The van der Waals surface area contributed by atoms with Crippen LogP contribution in [0.1, 0.15) is 54.9 Å². The van der Waals surface area contributed by atoms with Gasteiger partial charge in [0.2, 0.25) is 0 Å². The molecule has 0 aromatic carbocycles. The molecular formula is C17H29NO4. The summed E-state index contributed by atoms with van der Waals surface area (Å²) in [5, 5.41) is 0. The van der Waals surface area contributed by atoms with Crippen LogP contribution in [0.2, 0.25) is 0 Å². The van der Waals surface area contributed by atoms with Gasteiger partial charge in [-0.2, -0.15) is 0 Å². The largest absolute Gasteiger partial charge is 0.444 e. The highest BCUT2D eigenvalue weighted by Gasteiger charge is 2.49. The molecule has 0 spiro atoms. The SMILES string of the molecule is CC1OC(C)(C2=CCN(C(=O)OC(C)(C)C)CC2)OC1(C)C. The highest BCUT2D eigenvalue weighted by Crippen LogP contribution is 2.42. The maximum absolute atomic E-state index is 12.1. The first-order valence-corrected chi connectivity index (χ1v) is 7.98. The summed E-state index contributed by atoms with van der Waals surface area (Å²) in [6.07, 6.45) is 2.53. The summed E-state index contributed by atoms with van der Waals surface area (Å²) in [6.45, 7) is 14.9. The van der Waals surface area contributed by atoms with Crippen molar-refractivity contribution in [1.29, 1.82) is 0 Å². The molecule has 5 nitrogen and oxygen atoms in total. The third kappa shape index (κ3) is 3.63. The molecule has 2 heterocycles. The molecule has 0 bridgehead atoms. The van der Waals surface area contributed by atoms with Crippen LogP contribution in [0.4, 0.5) is 4.79 Å². The molecule has 0 aromatic heterocycles. The number of amides is 1. The van der Waals surface area contributed by atoms with Gasteiger partial charge in [0, 0.05) is 13.1 Å². The lowest BCUT2D eigenvalue weighted by atomic mass is 10.00. The Morgan fingerprint density at radius 3 is 2.41 bits per heavy atom. The Morgan fingerprint density at radius 1 is 1.36 bits per heavy atom. The fourth-order valence-corrected chi connectivity index (χ4v) is 2.80. The molecule has 1 saturated heterocycles. The topological polar surface area (TPSA) is 48.0 Å². The normalized spacial score (nSPS) is 31.9. The maximum Gasteiger partial charge on any atom is 0.410 e. The van der Waals surface area contributed by atoms with Crippen LogP contribution in [-0.4, -0.2) is 47.2 Å². The molecule has 2 rings (SSSR count). The summed E-state index contributed by atoms with van der Waals surface area (Å²) >= 11 is 0. The van der Waals surface area contributed by atoms with Crippen molar-refractivity contribution >= 4 is 6.09 Å². The number of carbonyl (C=O) groups is 1. The van der Waals surface area contributed by atoms with E-state index in [4.69, 9.17) is 14.2 Å². The molecular weight excluding hydrogens is 282 g/mol. The van der Waals surface area contributed by atoms with E-state index in [9.17, 15) is 4.79 Å². The minimum absolute atomic E-state index is 0.0299. The van der Waals surface area contributed by atoms with Gasteiger partial charge in [-0.25, -0.2) is 4.79 Å². The third-order valence-electron chi connectivity index (χ3n) is 4.28. The van der Waals surface area contributed by atoms with Crippen molar-refractivity contribution in [3.63, 3.8) is 0 Å². The molecule has 0 aliphatic carbocycles. The van der Waals surface area contributed by atoms with Crippen molar-refractivity contribution in [3.8, 4) is 0 Å². The van der Waals surface area contributed by atoms with E-state index in [1.54, 1.807) is 4.90 Å². The second kappa shape index (κ2) is 5.53. The molecule has 2 aliphatic heterocycles. The molecule has 2 unspecified atom stereocenters. The van der Waals surface area contributed by atoms with E-state index in [-0.39, 0.29) is 17.8 Å². The fourth-order valence-electron chi connectivity index (χ4n) is 2.80. The van der Waals surface area contributed by atoms with Crippen LogP contribution in [-0.2, 0) is 14.2 Å². The zero-order valence-electron chi connectivity index (χ0n) is 14.9. The summed E-state index contributed by atoms with van der Waals surface area (Å²) in [5.74, 6) is -0.692. The second-order valence-electron chi connectivity index (χ2n) is 7.82. The molecule has 0 saturated carbocycles. The number of carbonyl (C=O) groups excluding carboxylic acids is 1. The molecule has 22 heavy (non-hydrogen) atoms. The minimum atomic E-state index is -0.692. The smallest absolute Gasteiger partial charge is 0.410 e. The maximum atomic E-state index is 12.1. The first-order chi connectivity index (χ1) is 9.93. The average molecular weight is 311 g/mol. The zero-order chi connectivity index (χ0) is 16.8. The summed E-state index contributed by atoms with van der Waals surface area (Å²) in [4.78, 5) is 13.8. The van der Waals surface area contributed by atoms with Gasteiger partial charge in [0.25, 0.3) is 0 Å². The monoisotopic (exact) mass is 311 g/mol. The molecule has 0 N–H and O–H groups in total. The van der Waals surface area contributed by atoms with E-state index in [1.165, 1.54) is 0 Å². The highest BCUT2D eigenvalue weighted by molar-refractivity contribution is 5.68. The molecule has 0 radical (unpaired) electrons. The predicted octanol–water partition coefficient (Wildman–Crippen LogP) is 3.48. The van der Waals surface area contributed by atoms with Crippen LogP contribution in [0.15, 0.2) is 11.6 Å². The van der Waals surface area contributed by atoms with Gasteiger partial charge in [-0.15, -0.1) is 0 Å². The Hall–Kier alpha value is -1.07. The van der Waals surface area contributed by atoms with Gasteiger partial charge in [0.05, 0.1) is 11.7 Å². The molecule has 0 aromatic rings. The lowest BCUT2D eigenvalue weighted by molar-refractivity contribution is -0.145. The average Bonchev–Trinajstić information content (AvgIpc) is 2.57. The Balaban J connectivity index is 2.02. The number of nitrogens with zero attached hydrogens (tertiary/aromatic N) is 1. The first-order valence-electron chi connectivity index (χ1n) is 7.98. The molecule has 5 heteroatoms. The fraction of sp³-hybridized carbons (Fsp3) is 0.824. The summed E-state index contributed by atoms with van der Waals surface area (Å²) in [7, 11) is 0. The van der Waals surface area contributed by atoms with E-state index in [0.717, 1.165) is 12.0 Å². The summed E-state index contributed by atoms with van der Waals surface area (Å²) < 4.78 is 17.6. The quantitative estimate of drug-likeness (QED) is 0.696. The van der Waals surface area contributed by atoms with Crippen molar-refractivity contribution in [2.24, 2.45) is 0 Å². The van der Waals surface area contributed by atoms with Crippen molar-refractivity contribution < 1.29 is 19.0 Å². The Kier molecular flexibility index (Phi) is 4.35. The van der Waals surface area contributed by atoms with Crippen LogP contribution < -0.4 is 0 Å². The Bertz CT molecular complexity index is 478. The van der Waals surface area contributed by atoms with Gasteiger partial charge < -0.3 is 19.1 Å². The molecule has 126 valence electrons. The van der Waals surface area contributed by atoms with Gasteiger partial charge in [-0.3, -0.25) is 0 Å². The van der Waals surface area contributed by atoms with Gasteiger partial charge in [-0.1, -0.05) is 6.08 Å². The van der Waals surface area contributed by atoms with Crippen molar-refractivity contribution in [2.75, 3.05) is 13.1 Å². The third-order valence-corrected chi connectivity index (χ3v) is 4.28. The van der Waals surface area contributed by atoms with Crippen LogP contribution in [0, 0.1) is 0 Å². The van der Waals surface area contributed by atoms with Crippen molar-refractivity contribution in [3.05, 3.63) is 11.6 Å². The summed E-state index contributed by atoms with van der Waals surface area (Å²) in [6, 6.07) is 0. The number of hydrogen-bond donors (Lipinski definition) is 0. The van der Waals surface area contributed by atoms with Crippen LogP contribution in [0.25, 0.3) is 0 Å². The lowest BCUT2D eigenvalue weighted by Crippen LogP contribution is -2.42. The van der Waals surface area contributed by atoms with Gasteiger partial charge >= 0.3 is 6.09 Å². The van der Waals surface area contributed by atoms with E-state index in [2.05, 4.69) is 0 Å². The molecule has 2 atom stereocenters. The predicted molar refractivity (Wildman–Crippen MR) is 84.6 cm³/mol. The van der Waals surface area contributed by atoms with Gasteiger partial charge in [-0.05, 0) is 60.5 Å². The van der Waals surface area contributed by atoms with Crippen LogP contribution in [0.5, 0.6) is 0 Å². The standard InChI is InChI=1S/C17H29NO4/c1-12-16(5,6)22-17(7,20-12)13-8-10-18(11-9-13)14(19)21-15(2,3)4/h8,12H,9-11H2,1-7H3. The lowest BCUT2D eigenvalue weighted by Gasteiger charge is -2.34. The Labute approximate surface area is 133 Å². The van der Waals surface area contributed by atoms with Gasteiger partial charge in [0.15, 0.2) is 5.79 Å². The van der Waals surface area contributed by atoms with Crippen LogP contribution >= 0.6 is 0 Å². The van der Waals surface area contributed by atoms with E-state index in [0.29, 0.717) is 13.1 Å². The van der Waals surface area contributed by atoms with Crippen LogP contribution in [0.3, 0.4) is 0 Å². The first kappa shape index (κ1) is 17.3. The molecule has 1 fully saturated rings. The number of ether oxygens (including phenoxy) is 3. The van der Waals surface area contributed by atoms with E-state index >= 15 is 0 Å². The van der Waals surface area contributed by atoms with Gasteiger partial charge in [0.1, 0.15) is 5.60 Å². The minimum Gasteiger partial charge on any atom is -0.444 e. The number of hydrogen-bond acceptors (Lipinski definition) is 4. The van der Waals surface area contributed by atoms with Crippen molar-refractivity contribution in [2.45, 2.75) is 78.0 Å². The number of rotatable bonds is 1. The summed E-state index contributed by atoms with van der Waals surface area (Å²) in [5.41, 5.74) is 0.326. The van der Waals surface area contributed by atoms with Crippen molar-refractivity contribution in [1.82, 2.24) is 4.90 Å². The molecule has 2 aliphatic rings. The molecule has 1 amide bonds. The van der Waals surface area contributed by atoms with E-state index in [1.807, 2.05) is 54.5 Å². The second-order valence-corrected chi connectivity index (χ2v) is 7.82. The Morgan fingerprint density at radius 2 is 2.00 bits per heavy atom.